The highest BCUT2D eigenvalue weighted by atomic mass is 16.5. The zero-order chi connectivity index (χ0) is 21.6. The second kappa shape index (κ2) is 7.63. The van der Waals surface area contributed by atoms with E-state index >= 15 is 0 Å². The second-order valence-electron chi connectivity index (χ2n) is 10.3. The third-order valence-corrected chi connectivity index (χ3v) is 8.00. The summed E-state index contributed by atoms with van der Waals surface area (Å²) >= 11 is 0. The lowest BCUT2D eigenvalue weighted by molar-refractivity contribution is -0.201. The van der Waals surface area contributed by atoms with E-state index in [0.29, 0.717) is 29.4 Å². The van der Waals surface area contributed by atoms with Crippen LogP contribution < -0.4 is 9.47 Å². The van der Waals surface area contributed by atoms with Crippen LogP contribution in [0.25, 0.3) is 6.08 Å². The van der Waals surface area contributed by atoms with Gasteiger partial charge in [0.2, 0.25) is 0 Å². The average Bonchev–Trinajstić information content (AvgIpc) is 2.64. The number of benzene rings is 1. The van der Waals surface area contributed by atoms with E-state index in [9.17, 15) is 10.2 Å². The Balaban J connectivity index is 2.15. The summed E-state index contributed by atoms with van der Waals surface area (Å²) in [4.78, 5) is 0. The van der Waals surface area contributed by atoms with Gasteiger partial charge in [-0.15, -0.1) is 0 Å². The highest BCUT2D eigenvalue weighted by Crippen LogP contribution is 2.64. The molecule has 2 aliphatic rings. The zero-order valence-corrected chi connectivity index (χ0v) is 18.9. The van der Waals surface area contributed by atoms with Crippen LogP contribution in [0.2, 0.25) is 0 Å². The third kappa shape index (κ3) is 3.59. The van der Waals surface area contributed by atoms with E-state index in [1.165, 1.54) is 6.42 Å². The van der Waals surface area contributed by atoms with E-state index in [4.69, 9.17) is 9.47 Å². The normalized spacial score (nSPS) is 34.8. The fraction of sp³-hybridized carbons (Fsp3) is 0.680. The molecule has 0 aromatic heterocycles. The van der Waals surface area contributed by atoms with Crippen molar-refractivity contribution in [3.63, 3.8) is 0 Å². The van der Waals surface area contributed by atoms with E-state index in [0.717, 1.165) is 24.8 Å². The minimum absolute atomic E-state index is 0.161. The molecule has 0 bridgehead atoms. The van der Waals surface area contributed by atoms with E-state index in [1.807, 2.05) is 19.1 Å². The number of ether oxygens (including phenoxy) is 2. The molecule has 0 spiro atoms. The smallest absolute Gasteiger partial charge is 0.166 e. The molecule has 0 heterocycles. The van der Waals surface area contributed by atoms with Gasteiger partial charge in [0.1, 0.15) is 0 Å². The molecule has 3 rings (SSSR count). The highest BCUT2D eigenvalue weighted by Gasteiger charge is 2.60. The molecule has 0 amide bonds. The van der Waals surface area contributed by atoms with Crippen molar-refractivity contribution >= 4 is 6.08 Å². The molecule has 0 aliphatic heterocycles. The molecule has 2 saturated carbocycles. The summed E-state index contributed by atoms with van der Waals surface area (Å²) < 4.78 is 11.2. The van der Waals surface area contributed by atoms with Gasteiger partial charge in [-0.25, -0.2) is 0 Å². The minimum atomic E-state index is -0.958. The standard InChI is InChI=1S/C25H38O4/c1-8-16-14-17(21(29-7)18(15-16)28-6)20(26)22-24(4)12-9-11-23(2,3)19(24)10-13-25(22,5)27/h8,14-15,19-20,22,26-27H,1,9-13H2,2-7H3/t19?,20?,22-,24+,25-/m1/s1. The summed E-state index contributed by atoms with van der Waals surface area (Å²) in [5.74, 6) is 1.26. The monoisotopic (exact) mass is 402 g/mol. The van der Waals surface area contributed by atoms with Gasteiger partial charge in [0.15, 0.2) is 11.5 Å². The van der Waals surface area contributed by atoms with Crippen LogP contribution in [-0.4, -0.2) is 30.0 Å². The molecule has 0 radical (unpaired) electrons. The Labute approximate surface area is 175 Å². The first-order valence-electron chi connectivity index (χ1n) is 10.8. The maximum Gasteiger partial charge on any atom is 0.166 e. The lowest BCUT2D eigenvalue weighted by Crippen LogP contribution is -2.59. The molecule has 4 heteroatoms. The Kier molecular flexibility index (Phi) is 5.83. The van der Waals surface area contributed by atoms with Gasteiger partial charge in [0, 0.05) is 11.5 Å². The van der Waals surface area contributed by atoms with Crippen molar-refractivity contribution in [1.29, 1.82) is 0 Å². The molecule has 2 aliphatic carbocycles. The molecule has 29 heavy (non-hydrogen) atoms. The van der Waals surface area contributed by atoms with Gasteiger partial charge in [-0.05, 0) is 67.1 Å². The van der Waals surface area contributed by atoms with Gasteiger partial charge < -0.3 is 19.7 Å². The summed E-state index contributed by atoms with van der Waals surface area (Å²) in [6.45, 7) is 12.7. The lowest BCUT2D eigenvalue weighted by Gasteiger charge is -2.62. The summed E-state index contributed by atoms with van der Waals surface area (Å²) in [6.07, 6.45) is 5.89. The van der Waals surface area contributed by atoms with Gasteiger partial charge in [0.25, 0.3) is 0 Å². The van der Waals surface area contributed by atoms with Crippen LogP contribution in [-0.2, 0) is 0 Å². The van der Waals surface area contributed by atoms with Crippen molar-refractivity contribution in [1.82, 2.24) is 0 Å². The molecule has 5 atom stereocenters. The van der Waals surface area contributed by atoms with Gasteiger partial charge in [-0.3, -0.25) is 0 Å². The molecule has 2 fully saturated rings. The van der Waals surface area contributed by atoms with Crippen LogP contribution in [0.4, 0.5) is 0 Å². The molecule has 2 N–H and O–H groups in total. The maximum atomic E-state index is 11.8. The number of aliphatic hydroxyl groups excluding tert-OH is 1. The first kappa shape index (κ1) is 22.2. The second-order valence-corrected chi connectivity index (χ2v) is 10.3. The molecule has 162 valence electrons. The summed E-state index contributed by atoms with van der Waals surface area (Å²) in [7, 11) is 3.19. The number of fused-ring (bicyclic) bond motifs is 1. The predicted octanol–water partition coefficient (Wildman–Crippen LogP) is 5.37. The average molecular weight is 403 g/mol. The number of methoxy groups -OCH3 is 2. The molecular weight excluding hydrogens is 364 g/mol. The third-order valence-electron chi connectivity index (χ3n) is 8.00. The van der Waals surface area contributed by atoms with E-state index in [1.54, 1.807) is 20.3 Å². The topological polar surface area (TPSA) is 58.9 Å². The van der Waals surface area contributed by atoms with Crippen LogP contribution in [0.15, 0.2) is 18.7 Å². The number of rotatable bonds is 5. The van der Waals surface area contributed by atoms with Gasteiger partial charge in [-0.1, -0.05) is 39.8 Å². The molecule has 1 aromatic rings. The van der Waals surface area contributed by atoms with Crippen molar-refractivity contribution in [2.75, 3.05) is 14.2 Å². The van der Waals surface area contributed by atoms with Crippen LogP contribution in [0.1, 0.15) is 77.0 Å². The number of hydrogen-bond donors (Lipinski definition) is 2. The van der Waals surface area contributed by atoms with Crippen LogP contribution in [0.5, 0.6) is 11.5 Å². The Morgan fingerprint density at radius 2 is 1.79 bits per heavy atom. The fourth-order valence-corrected chi connectivity index (χ4v) is 6.79. The van der Waals surface area contributed by atoms with Crippen molar-refractivity contribution in [3.8, 4) is 11.5 Å². The van der Waals surface area contributed by atoms with Crippen molar-refractivity contribution in [3.05, 3.63) is 29.8 Å². The maximum absolute atomic E-state index is 11.8. The molecule has 2 unspecified atom stereocenters. The Bertz CT molecular complexity index is 766. The van der Waals surface area contributed by atoms with Crippen molar-refractivity contribution in [2.24, 2.45) is 22.7 Å². The van der Waals surface area contributed by atoms with Crippen molar-refractivity contribution < 1.29 is 19.7 Å². The largest absolute Gasteiger partial charge is 0.493 e. The lowest BCUT2D eigenvalue weighted by atomic mass is 9.44. The summed E-state index contributed by atoms with van der Waals surface area (Å²) in [5, 5.41) is 23.3. The molecular formula is C25H38O4. The van der Waals surface area contributed by atoms with Crippen LogP contribution in [0, 0.1) is 22.7 Å². The van der Waals surface area contributed by atoms with Crippen LogP contribution in [0.3, 0.4) is 0 Å². The highest BCUT2D eigenvalue weighted by molar-refractivity contribution is 5.59. The zero-order valence-electron chi connectivity index (χ0n) is 18.9. The number of hydrogen-bond acceptors (Lipinski definition) is 4. The Morgan fingerprint density at radius 1 is 1.10 bits per heavy atom. The van der Waals surface area contributed by atoms with Gasteiger partial charge >= 0.3 is 0 Å². The SMILES string of the molecule is C=Cc1cc(OC)c(OC)c(C(O)[C@@H]2[C@@]3(C)CCCC(C)(C)C3CC[C@@]2(C)O)c1. The summed E-state index contributed by atoms with van der Waals surface area (Å²) in [6, 6.07) is 3.77. The first-order valence-corrected chi connectivity index (χ1v) is 10.8. The minimum Gasteiger partial charge on any atom is -0.493 e. The van der Waals surface area contributed by atoms with Gasteiger partial charge in [0.05, 0.1) is 25.9 Å². The molecule has 1 aromatic carbocycles. The first-order chi connectivity index (χ1) is 13.5. The van der Waals surface area contributed by atoms with Crippen molar-refractivity contribution in [2.45, 2.75) is 71.5 Å². The van der Waals surface area contributed by atoms with Gasteiger partial charge in [-0.2, -0.15) is 0 Å². The predicted molar refractivity (Wildman–Crippen MR) is 117 cm³/mol. The number of aliphatic hydroxyl groups is 2. The molecule has 4 nitrogen and oxygen atoms in total. The summed E-state index contributed by atoms with van der Waals surface area (Å²) in [5.41, 5.74) is 0.605. The Morgan fingerprint density at radius 3 is 2.38 bits per heavy atom. The Hall–Kier alpha value is -1.52. The van der Waals surface area contributed by atoms with Crippen LogP contribution >= 0.6 is 0 Å². The van der Waals surface area contributed by atoms with E-state index in [-0.39, 0.29) is 16.7 Å². The quantitative estimate of drug-likeness (QED) is 0.695. The fourth-order valence-electron chi connectivity index (χ4n) is 6.79. The molecule has 0 saturated heterocycles. The van der Waals surface area contributed by atoms with E-state index in [2.05, 4.69) is 27.4 Å². The van der Waals surface area contributed by atoms with E-state index < -0.39 is 11.7 Å².